The summed E-state index contributed by atoms with van der Waals surface area (Å²) < 4.78 is 0.491. The zero-order valence-corrected chi connectivity index (χ0v) is 8.01. The molecule has 0 aliphatic rings. The van der Waals surface area contributed by atoms with Crippen molar-refractivity contribution in [2.45, 2.75) is 6.92 Å². The SMILES string of the molecule is Cc1nc(O)c(I)c(Cl)n1. The highest BCUT2D eigenvalue weighted by Crippen LogP contribution is 2.22. The van der Waals surface area contributed by atoms with E-state index in [1.54, 1.807) is 6.92 Å². The van der Waals surface area contributed by atoms with Crippen molar-refractivity contribution in [3.05, 3.63) is 14.5 Å². The van der Waals surface area contributed by atoms with Gasteiger partial charge in [-0.3, -0.25) is 0 Å². The standard InChI is InChI=1S/C5H4ClIN2O/c1-2-8-4(6)3(7)5(10)9-2/h1H3,(H,8,9,10). The molecule has 3 nitrogen and oxygen atoms in total. The van der Waals surface area contributed by atoms with Crippen LogP contribution in [0.25, 0.3) is 0 Å². The van der Waals surface area contributed by atoms with Gasteiger partial charge in [0.1, 0.15) is 14.5 Å². The average Bonchev–Trinajstić information content (AvgIpc) is 1.82. The summed E-state index contributed by atoms with van der Waals surface area (Å²) in [6.07, 6.45) is 0. The van der Waals surface area contributed by atoms with Crippen LogP contribution in [0.4, 0.5) is 0 Å². The van der Waals surface area contributed by atoms with E-state index in [2.05, 4.69) is 9.97 Å². The van der Waals surface area contributed by atoms with Crippen molar-refractivity contribution < 1.29 is 5.11 Å². The molecule has 1 N–H and O–H groups in total. The number of aryl methyl sites for hydroxylation is 1. The van der Waals surface area contributed by atoms with Crippen LogP contribution in [0.1, 0.15) is 5.82 Å². The molecule has 0 unspecified atom stereocenters. The van der Waals surface area contributed by atoms with Crippen LogP contribution < -0.4 is 0 Å². The number of hydrogen-bond donors (Lipinski definition) is 1. The van der Waals surface area contributed by atoms with E-state index in [0.29, 0.717) is 14.5 Å². The average molecular weight is 270 g/mol. The Kier molecular flexibility index (Phi) is 2.30. The largest absolute Gasteiger partial charge is 0.492 e. The second kappa shape index (κ2) is 2.87. The zero-order valence-electron chi connectivity index (χ0n) is 5.10. The molecular weight excluding hydrogens is 266 g/mol. The van der Waals surface area contributed by atoms with Crippen LogP contribution in [0.2, 0.25) is 5.15 Å². The Balaban J connectivity index is 3.31. The van der Waals surface area contributed by atoms with Crippen molar-refractivity contribution in [2.24, 2.45) is 0 Å². The molecule has 0 atom stereocenters. The highest BCUT2D eigenvalue weighted by molar-refractivity contribution is 14.1. The first-order valence-corrected chi connectivity index (χ1v) is 3.95. The fraction of sp³-hybridized carbons (Fsp3) is 0.200. The number of halogens is 2. The van der Waals surface area contributed by atoms with E-state index in [-0.39, 0.29) is 5.88 Å². The first-order valence-electron chi connectivity index (χ1n) is 2.50. The lowest BCUT2D eigenvalue weighted by Gasteiger charge is -1.97. The summed E-state index contributed by atoms with van der Waals surface area (Å²) in [6, 6.07) is 0. The van der Waals surface area contributed by atoms with Gasteiger partial charge in [-0.1, -0.05) is 11.6 Å². The summed E-state index contributed by atoms with van der Waals surface area (Å²) in [4.78, 5) is 7.51. The highest BCUT2D eigenvalue weighted by Gasteiger charge is 2.05. The highest BCUT2D eigenvalue weighted by atomic mass is 127. The number of aromatic nitrogens is 2. The number of hydrogen-bond acceptors (Lipinski definition) is 3. The number of aromatic hydroxyl groups is 1. The molecule has 1 rings (SSSR count). The Labute approximate surface area is 76.6 Å². The Morgan fingerprint density at radius 3 is 2.60 bits per heavy atom. The van der Waals surface area contributed by atoms with E-state index in [1.165, 1.54) is 0 Å². The fourth-order valence-corrected chi connectivity index (χ4v) is 0.959. The summed E-state index contributed by atoms with van der Waals surface area (Å²) in [7, 11) is 0. The molecule has 0 bridgehead atoms. The molecule has 10 heavy (non-hydrogen) atoms. The van der Waals surface area contributed by atoms with Crippen LogP contribution in [0.5, 0.6) is 5.88 Å². The molecule has 0 saturated carbocycles. The van der Waals surface area contributed by atoms with Gasteiger partial charge in [0.05, 0.1) is 0 Å². The predicted molar refractivity (Wildman–Crippen MR) is 46.2 cm³/mol. The van der Waals surface area contributed by atoms with Gasteiger partial charge in [-0.2, -0.15) is 4.98 Å². The molecule has 5 heteroatoms. The van der Waals surface area contributed by atoms with E-state index in [4.69, 9.17) is 16.7 Å². The Hall–Kier alpha value is -0.100. The first-order chi connectivity index (χ1) is 4.61. The Morgan fingerprint density at radius 2 is 2.10 bits per heavy atom. The minimum atomic E-state index is -0.0573. The summed E-state index contributed by atoms with van der Waals surface area (Å²) in [5.41, 5.74) is 0. The topological polar surface area (TPSA) is 46.0 Å². The number of nitrogens with zero attached hydrogens (tertiary/aromatic N) is 2. The predicted octanol–water partition coefficient (Wildman–Crippen LogP) is 1.75. The Bertz CT molecular complexity index is 243. The van der Waals surface area contributed by atoms with Crippen LogP contribution in [-0.4, -0.2) is 15.1 Å². The van der Waals surface area contributed by atoms with Gasteiger partial charge in [0, 0.05) is 0 Å². The lowest BCUT2D eigenvalue weighted by molar-refractivity contribution is 0.446. The van der Waals surface area contributed by atoms with Gasteiger partial charge in [-0.05, 0) is 29.5 Å². The lowest BCUT2D eigenvalue weighted by Crippen LogP contribution is -1.90. The molecule has 1 heterocycles. The summed E-state index contributed by atoms with van der Waals surface area (Å²) >= 11 is 7.48. The van der Waals surface area contributed by atoms with Crippen LogP contribution in [0, 0.1) is 10.5 Å². The van der Waals surface area contributed by atoms with E-state index in [0.717, 1.165) is 0 Å². The monoisotopic (exact) mass is 270 g/mol. The molecule has 54 valence electrons. The van der Waals surface area contributed by atoms with Crippen LogP contribution in [-0.2, 0) is 0 Å². The van der Waals surface area contributed by atoms with Gasteiger partial charge in [0.2, 0.25) is 5.88 Å². The lowest BCUT2D eigenvalue weighted by atomic mass is 10.6. The smallest absolute Gasteiger partial charge is 0.229 e. The molecule has 0 aliphatic carbocycles. The second-order valence-corrected chi connectivity index (χ2v) is 3.14. The summed E-state index contributed by atoms with van der Waals surface area (Å²) in [5.74, 6) is 0.418. The third kappa shape index (κ3) is 1.49. The van der Waals surface area contributed by atoms with Gasteiger partial charge < -0.3 is 5.11 Å². The zero-order chi connectivity index (χ0) is 7.72. The van der Waals surface area contributed by atoms with Gasteiger partial charge in [-0.15, -0.1) is 0 Å². The summed E-state index contributed by atoms with van der Waals surface area (Å²) in [6.45, 7) is 1.67. The molecule has 0 aliphatic heterocycles. The Morgan fingerprint density at radius 1 is 1.50 bits per heavy atom. The maximum atomic E-state index is 9.04. The molecule has 1 aromatic heterocycles. The second-order valence-electron chi connectivity index (χ2n) is 1.70. The molecule has 0 spiro atoms. The molecule has 0 amide bonds. The maximum absolute atomic E-state index is 9.04. The molecule has 0 radical (unpaired) electrons. The van der Waals surface area contributed by atoms with Crippen molar-refractivity contribution in [1.29, 1.82) is 0 Å². The molecular formula is C5H4ClIN2O. The molecule has 0 saturated heterocycles. The van der Waals surface area contributed by atoms with E-state index in [1.807, 2.05) is 22.6 Å². The first kappa shape index (κ1) is 8.00. The summed E-state index contributed by atoms with van der Waals surface area (Å²) in [5, 5.41) is 9.33. The van der Waals surface area contributed by atoms with Crippen molar-refractivity contribution in [3.8, 4) is 5.88 Å². The van der Waals surface area contributed by atoms with Crippen LogP contribution in [0.3, 0.4) is 0 Å². The third-order valence-electron chi connectivity index (χ3n) is 0.905. The van der Waals surface area contributed by atoms with E-state index in [9.17, 15) is 0 Å². The normalized spacial score (nSPS) is 9.90. The van der Waals surface area contributed by atoms with Crippen molar-refractivity contribution >= 4 is 34.2 Å². The van der Waals surface area contributed by atoms with Gasteiger partial charge >= 0.3 is 0 Å². The number of rotatable bonds is 0. The third-order valence-corrected chi connectivity index (χ3v) is 2.49. The van der Waals surface area contributed by atoms with Crippen LogP contribution >= 0.6 is 34.2 Å². The van der Waals surface area contributed by atoms with E-state index >= 15 is 0 Å². The fourth-order valence-electron chi connectivity index (χ4n) is 0.511. The molecule has 0 aromatic carbocycles. The minimum absolute atomic E-state index is 0.0573. The minimum Gasteiger partial charge on any atom is -0.492 e. The van der Waals surface area contributed by atoms with Crippen molar-refractivity contribution in [2.75, 3.05) is 0 Å². The quantitative estimate of drug-likeness (QED) is 0.577. The van der Waals surface area contributed by atoms with Gasteiger partial charge in [-0.25, -0.2) is 4.98 Å². The maximum Gasteiger partial charge on any atom is 0.229 e. The van der Waals surface area contributed by atoms with Crippen molar-refractivity contribution in [1.82, 2.24) is 9.97 Å². The van der Waals surface area contributed by atoms with Crippen LogP contribution in [0.15, 0.2) is 0 Å². The van der Waals surface area contributed by atoms with Crippen molar-refractivity contribution in [3.63, 3.8) is 0 Å². The van der Waals surface area contributed by atoms with Gasteiger partial charge in [0.15, 0.2) is 0 Å². The molecule has 1 aromatic rings. The van der Waals surface area contributed by atoms with Gasteiger partial charge in [0.25, 0.3) is 0 Å². The molecule has 0 fully saturated rings. The van der Waals surface area contributed by atoms with E-state index < -0.39 is 0 Å².